The summed E-state index contributed by atoms with van der Waals surface area (Å²) in [7, 11) is 3.26. The van der Waals surface area contributed by atoms with Crippen molar-refractivity contribution in [1.82, 2.24) is 19.9 Å². The fourth-order valence-corrected chi connectivity index (χ4v) is 3.94. The largest absolute Gasteiger partial charge is 0.497 e. The molecule has 7 nitrogen and oxygen atoms in total. The van der Waals surface area contributed by atoms with Crippen molar-refractivity contribution >= 4 is 11.6 Å². The molecule has 0 aliphatic rings. The number of ether oxygens (including phenoxy) is 2. The number of rotatable bonds is 11. The summed E-state index contributed by atoms with van der Waals surface area (Å²) >= 11 is 0. The third kappa shape index (κ3) is 5.39. The topological polar surface area (TPSA) is 77.8 Å². The molecule has 172 valence electrons. The molecule has 0 aliphatic carbocycles. The lowest BCUT2D eigenvalue weighted by Crippen LogP contribution is -2.25. The minimum absolute atomic E-state index is 0.0875. The number of carbonyl (C=O) groups is 1. The number of carbonyl (C=O) groups excluding carboxylic acids is 1. The van der Waals surface area contributed by atoms with Crippen molar-refractivity contribution in [3.05, 3.63) is 41.2 Å². The molecule has 0 saturated heterocycles. The first-order chi connectivity index (χ1) is 15.5. The molecule has 0 fully saturated rings. The van der Waals surface area contributed by atoms with Crippen molar-refractivity contribution in [2.75, 3.05) is 20.8 Å². The molecular formula is C25H34N4O3. The zero-order chi connectivity index (χ0) is 23.1. The van der Waals surface area contributed by atoms with Gasteiger partial charge in [0.2, 0.25) is 5.91 Å². The quantitative estimate of drug-likeness (QED) is 0.441. The Bertz CT molecular complexity index is 1070. The number of fused-ring (bicyclic) bond motifs is 1. The SMILES string of the molecule is CCCCCCNC(=O)CCc1c(C)nc2cc(-c3ccc(OC)cc3OC)nn2c1C. The lowest BCUT2D eigenvalue weighted by molar-refractivity contribution is -0.121. The molecule has 3 aromatic rings. The van der Waals surface area contributed by atoms with Crippen molar-refractivity contribution < 1.29 is 14.3 Å². The zero-order valence-electron chi connectivity index (χ0n) is 19.8. The summed E-state index contributed by atoms with van der Waals surface area (Å²) in [6.07, 6.45) is 5.70. The molecule has 3 rings (SSSR count). The van der Waals surface area contributed by atoms with E-state index in [-0.39, 0.29) is 5.91 Å². The van der Waals surface area contributed by atoms with Crippen LogP contribution in [0.15, 0.2) is 24.3 Å². The highest BCUT2D eigenvalue weighted by Crippen LogP contribution is 2.33. The maximum absolute atomic E-state index is 12.3. The van der Waals surface area contributed by atoms with Gasteiger partial charge in [0.1, 0.15) is 11.5 Å². The van der Waals surface area contributed by atoms with Crippen molar-refractivity contribution in [3.63, 3.8) is 0 Å². The minimum atomic E-state index is 0.0875. The Balaban J connectivity index is 1.77. The number of aromatic nitrogens is 3. The maximum Gasteiger partial charge on any atom is 0.220 e. The van der Waals surface area contributed by atoms with E-state index in [9.17, 15) is 4.79 Å². The Labute approximate surface area is 190 Å². The summed E-state index contributed by atoms with van der Waals surface area (Å²) in [5.41, 5.74) is 5.43. The monoisotopic (exact) mass is 438 g/mol. The van der Waals surface area contributed by atoms with Gasteiger partial charge in [-0.05, 0) is 44.4 Å². The van der Waals surface area contributed by atoms with Crippen LogP contribution in [0, 0.1) is 13.8 Å². The average molecular weight is 439 g/mol. The fraction of sp³-hybridized carbons (Fsp3) is 0.480. The highest BCUT2D eigenvalue weighted by Gasteiger charge is 2.16. The molecule has 7 heteroatoms. The van der Waals surface area contributed by atoms with Gasteiger partial charge in [-0.1, -0.05) is 26.2 Å². The van der Waals surface area contributed by atoms with Crippen molar-refractivity contribution in [2.24, 2.45) is 0 Å². The van der Waals surface area contributed by atoms with E-state index in [0.717, 1.165) is 59.0 Å². The van der Waals surface area contributed by atoms with E-state index in [1.807, 2.05) is 42.6 Å². The minimum Gasteiger partial charge on any atom is -0.497 e. The summed E-state index contributed by atoms with van der Waals surface area (Å²) in [6, 6.07) is 7.63. The molecule has 1 amide bonds. The summed E-state index contributed by atoms with van der Waals surface area (Å²) in [5.74, 6) is 1.51. The van der Waals surface area contributed by atoms with Gasteiger partial charge >= 0.3 is 0 Å². The molecule has 2 heterocycles. The summed E-state index contributed by atoms with van der Waals surface area (Å²) in [6.45, 7) is 6.96. The second-order valence-electron chi connectivity index (χ2n) is 8.04. The number of methoxy groups -OCH3 is 2. The second-order valence-corrected chi connectivity index (χ2v) is 8.04. The highest BCUT2D eigenvalue weighted by molar-refractivity contribution is 5.76. The number of nitrogens with zero attached hydrogens (tertiary/aromatic N) is 3. The first-order valence-corrected chi connectivity index (χ1v) is 11.3. The molecular weight excluding hydrogens is 404 g/mol. The first-order valence-electron chi connectivity index (χ1n) is 11.3. The molecule has 2 aromatic heterocycles. The lowest BCUT2D eigenvalue weighted by atomic mass is 10.1. The summed E-state index contributed by atoms with van der Waals surface area (Å²) in [5, 5.41) is 7.82. The standard InChI is InChI=1S/C25H34N4O3/c1-6-7-8-9-14-26-25(30)13-12-20-17(2)27-24-16-22(28-29(24)18(20)3)21-11-10-19(31-4)15-23(21)32-5/h10-11,15-16H,6-9,12-14H2,1-5H3,(H,26,30). The number of hydrogen-bond acceptors (Lipinski definition) is 5. The number of benzene rings is 1. The van der Waals surface area contributed by atoms with Gasteiger partial charge in [-0.15, -0.1) is 0 Å². The number of unbranched alkanes of at least 4 members (excludes halogenated alkanes) is 3. The van der Waals surface area contributed by atoms with Gasteiger partial charge in [-0.2, -0.15) is 5.10 Å². The Morgan fingerprint density at radius 1 is 1.09 bits per heavy atom. The van der Waals surface area contributed by atoms with Gasteiger partial charge < -0.3 is 14.8 Å². The maximum atomic E-state index is 12.3. The van der Waals surface area contributed by atoms with E-state index in [0.29, 0.717) is 18.6 Å². The van der Waals surface area contributed by atoms with Gasteiger partial charge in [0.05, 0.1) is 19.9 Å². The van der Waals surface area contributed by atoms with Crippen LogP contribution < -0.4 is 14.8 Å². The molecule has 32 heavy (non-hydrogen) atoms. The third-order valence-electron chi connectivity index (χ3n) is 5.80. The Kier molecular flexibility index (Phi) is 8.09. The van der Waals surface area contributed by atoms with Gasteiger partial charge in [0, 0.05) is 42.0 Å². The molecule has 0 aliphatic heterocycles. The molecule has 0 saturated carbocycles. The van der Waals surface area contributed by atoms with Crippen LogP contribution in [0.2, 0.25) is 0 Å². The summed E-state index contributed by atoms with van der Waals surface area (Å²) in [4.78, 5) is 17.0. The van der Waals surface area contributed by atoms with Crippen molar-refractivity contribution in [2.45, 2.75) is 59.3 Å². The van der Waals surface area contributed by atoms with Crippen LogP contribution in [0.5, 0.6) is 11.5 Å². The van der Waals surface area contributed by atoms with E-state index >= 15 is 0 Å². The number of amides is 1. The van der Waals surface area contributed by atoms with Crippen LogP contribution in [0.4, 0.5) is 0 Å². The molecule has 1 aromatic carbocycles. The first kappa shape index (κ1) is 23.6. The van der Waals surface area contributed by atoms with Crippen molar-refractivity contribution in [1.29, 1.82) is 0 Å². The normalized spacial score (nSPS) is 11.0. The molecule has 0 atom stereocenters. The van der Waals surface area contributed by atoms with Gasteiger partial charge in [0.15, 0.2) is 5.65 Å². The van der Waals surface area contributed by atoms with Crippen LogP contribution >= 0.6 is 0 Å². The van der Waals surface area contributed by atoms with E-state index in [1.165, 1.54) is 12.8 Å². The van der Waals surface area contributed by atoms with E-state index in [1.54, 1.807) is 14.2 Å². The van der Waals surface area contributed by atoms with E-state index in [2.05, 4.69) is 12.2 Å². The number of hydrogen-bond donors (Lipinski definition) is 1. The lowest BCUT2D eigenvalue weighted by Gasteiger charge is -2.11. The van der Waals surface area contributed by atoms with Crippen LogP contribution in [-0.2, 0) is 11.2 Å². The number of aryl methyl sites for hydroxylation is 2. The smallest absolute Gasteiger partial charge is 0.220 e. The second kappa shape index (κ2) is 11.0. The number of nitrogens with one attached hydrogen (secondary N) is 1. The van der Waals surface area contributed by atoms with E-state index in [4.69, 9.17) is 19.6 Å². The van der Waals surface area contributed by atoms with Gasteiger partial charge in [-0.25, -0.2) is 9.50 Å². The van der Waals surface area contributed by atoms with Crippen LogP contribution in [-0.4, -0.2) is 41.3 Å². The van der Waals surface area contributed by atoms with Crippen LogP contribution in [0.25, 0.3) is 16.9 Å². The predicted octanol–water partition coefficient (Wildman–Crippen LogP) is 4.66. The average Bonchev–Trinajstić information content (AvgIpc) is 3.22. The fourth-order valence-electron chi connectivity index (χ4n) is 3.94. The summed E-state index contributed by atoms with van der Waals surface area (Å²) < 4.78 is 12.7. The third-order valence-corrected chi connectivity index (χ3v) is 5.80. The zero-order valence-corrected chi connectivity index (χ0v) is 19.8. The Morgan fingerprint density at radius 3 is 2.62 bits per heavy atom. The highest BCUT2D eigenvalue weighted by atomic mass is 16.5. The molecule has 1 N–H and O–H groups in total. The molecule has 0 bridgehead atoms. The molecule has 0 radical (unpaired) electrons. The van der Waals surface area contributed by atoms with Gasteiger partial charge in [-0.3, -0.25) is 4.79 Å². The van der Waals surface area contributed by atoms with Crippen LogP contribution in [0.3, 0.4) is 0 Å². The van der Waals surface area contributed by atoms with Crippen LogP contribution in [0.1, 0.15) is 56.0 Å². The van der Waals surface area contributed by atoms with Crippen molar-refractivity contribution in [3.8, 4) is 22.8 Å². The molecule has 0 spiro atoms. The van der Waals surface area contributed by atoms with Gasteiger partial charge in [0.25, 0.3) is 0 Å². The predicted molar refractivity (Wildman–Crippen MR) is 126 cm³/mol. The Hall–Kier alpha value is -3.09. The molecule has 0 unspecified atom stereocenters. The Morgan fingerprint density at radius 2 is 1.91 bits per heavy atom. The van der Waals surface area contributed by atoms with E-state index < -0.39 is 0 Å².